The molecule has 1 aromatic carbocycles. The quantitative estimate of drug-likeness (QED) is 0.863. The number of benzene rings is 1. The molecular weight excluding hydrogens is 253 g/mol. The second-order valence-corrected chi connectivity index (χ2v) is 5.36. The maximum absolute atomic E-state index is 13.2. The lowest BCUT2D eigenvalue weighted by Crippen LogP contribution is -2.26. The molecule has 0 aliphatic heterocycles. The number of halogens is 2. The first kappa shape index (κ1) is 13.8. The zero-order chi connectivity index (χ0) is 13.0. The summed E-state index contributed by atoms with van der Waals surface area (Å²) in [5.74, 6) is 0.577. The van der Waals surface area contributed by atoms with E-state index in [0.717, 1.165) is 24.9 Å². The highest BCUT2D eigenvalue weighted by Gasteiger charge is 2.25. The highest BCUT2D eigenvalue weighted by atomic mass is 35.5. The van der Waals surface area contributed by atoms with Crippen molar-refractivity contribution in [3.05, 3.63) is 34.6 Å². The van der Waals surface area contributed by atoms with Gasteiger partial charge in [0.2, 0.25) is 0 Å². The van der Waals surface area contributed by atoms with Crippen molar-refractivity contribution in [3.63, 3.8) is 0 Å². The number of rotatable bonds is 5. The van der Waals surface area contributed by atoms with Gasteiger partial charge in [0.25, 0.3) is 0 Å². The molecule has 0 spiro atoms. The van der Waals surface area contributed by atoms with Gasteiger partial charge in [-0.2, -0.15) is 0 Å². The van der Waals surface area contributed by atoms with Gasteiger partial charge >= 0.3 is 0 Å². The van der Waals surface area contributed by atoms with Crippen molar-refractivity contribution >= 4 is 11.6 Å². The maximum atomic E-state index is 13.2. The third-order valence-corrected chi connectivity index (χ3v) is 4.23. The summed E-state index contributed by atoms with van der Waals surface area (Å²) >= 11 is 5.89. The monoisotopic (exact) mass is 271 g/mol. The minimum atomic E-state index is -0.370. The van der Waals surface area contributed by atoms with Crippen LogP contribution in [0.25, 0.3) is 0 Å². The molecule has 2 rings (SSSR count). The van der Waals surface area contributed by atoms with Crippen LogP contribution in [0.15, 0.2) is 18.2 Å². The van der Waals surface area contributed by atoms with E-state index in [1.54, 1.807) is 6.07 Å². The van der Waals surface area contributed by atoms with Gasteiger partial charge in [0.1, 0.15) is 5.82 Å². The molecule has 0 aromatic heterocycles. The average molecular weight is 272 g/mol. The minimum Gasteiger partial charge on any atom is -0.396 e. The first-order valence-corrected chi connectivity index (χ1v) is 6.84. The molecule has 1 fully saturated rings. The summed E-state index contributed by atoms with van der Waals surface area (Å²) in [6, 6.07) is 4.87. The van der Waals surface area contributed by atoms with Crippen molar-refractivity contribution in [2.75, 3.05) is 13.2 Å². The number of hydrogen-bond acceptors (Lipinski definition) is 2. The topological polar surface area (TPSA) is 32.3 Å². The number of aliphatic hydroxyl groups excluding tert-OH is 1. The SMILES string of the molecule is OCC1CCCC1CNCc1cccc(F)c1Cl. The van der Waals surface area contributed by atoms with Crippen LogP contribution in [0.1, 0.15) is 24.8 Å². The molecule has 2 nitrogen and oxygen atoms in total. The van der Waals surface area contributed by atoms with Gasteiger partial charge in [-0.25, -0.2) is 4.39 Å². The van der Waals surface area contributed by atoms with Crippen LogP contribution < -0.4 is 5.32 Å². The van der Waals surface area contributed by atoms with Gasteiger partial charge in [0.05, 0.1) is 5.02 Å². The minimum absolute atomic E-state index is 0.204. The lowest BCUT2D eigenvalue weighted by Gasteiger charge is -2.18. The molecule has 1 aliphatic carbocycles. The third kappa shape index (κ3) is 3.22. The van der Waals surface area contributed by atoms with E-state index < -0.39 is 0 Å². The number of nitrogens with one attached hydrogen (secondary N) is 1. The van der Waals surface area contributed by atoms with E-state index in [1.165, 1.54) is 12.5 Å². The van der Waals surface area contributed by atoms with E-state index >= 15 is 0 Å². The maximum Gasteiger partial charge on any atom is 0.142 e. The predicted octanol–water partition coefficient (Wildman–Crippen LogP) is 2.98. The van der Waals surface area contributed by atoms with Gasteiger partial charge in [-0.1, -0.05) is 30.2 Å². The lowest BCUT2D eigenvalue weighted by atomic mass is 9.97. The zero-order valence-corrected chi connectivity index (χ0v) is 11.1. The van der Waals surface area contributed by atoms with Crippen LogP contribution in [0.3, 0.4) is 0 Å². The van der Waals surface area contributed by atoms with Crippen molar-refractivity contribution in [2.24, 2.45) is 11.8 Å². The highest BCUT2D eigenvalue weighted by molar-refractivity contribution is 6.31. The molecule has 1 aliphatic rings. The predicted molar refractivity (Wildman–Crippen MR) is 71.0 cm³/mol. The summed E-state index contributed by atoms with van der Waals surface area (Å²) in [6.45, 7) is 1.70. The van der Waals surface area contributed by atoms with Crippen LogP contribution in [0.4, 0.5) is 4.39 Å². The van der Waals surface area contributed by atoms with Gasteiger partial charge in [0.15, 0.2) is 0 Å². The molecule has 18 heavy (non-hydrogen) atoms. The Kier molecular flexibility index (Phi) is 4.98. The molecule has 1 aromatic rings. The number of hydrogen-bond donors (Lipinski definition) is 2. The lowest BCUT2D eigenvalue weighted by molar-refractivity contribution is 0.192. The van der Waals surface area contributed by atoms with Crippen LogP contribution >= 0.6 is 11.6 Å². The molecule has 2 unspecified atom stereocenters. The Labute approximate surface area is 112 Å². The van der Waals surface area contributed by atoms with Crippen LogP contribution in [-0.4, -0.2) is 18.3 Å². The van der Waals surface area contributed by atoms with E-state index in [-0.39, 0.29) is 17.4 Å². The molecule has 2 N–H and O–H groups in total. The molecule has 0 bridgehead atoms. The normalized spacial score (nSPS) is 23.5. The summed E-state index contributed by atoms with van der Waals surface area (Å²) < 4.78 is 13.2. The second-order valence-electron chi connectivity index (χ2n) is 4.98. The molecule has 4 heteroatoms. The number of aliphatic hydroxyl groups is 1. The Morgan fingerprint density at radius 1 is 1.33 bits per heavy atom. The van der Waals surface area contributed by atoms with Crippen molar-refractivity contribution in [2.45, 2.75) is 25.8 Å². The largest absolute Gasteiger partial charge is 0.396 e. The summed E-state index contributed by atoms with van der Waals surface area (Å²) in [5.41, 5.74) is 0.787. The summed E-state index contributed by atoms with van der Waals surface area (Å²) in [7, 11) is 0. The standard InChI is InChI=1S/C14H19ClFNO/c15-14-11(4-2-6-13(14)16)8-17-7-10-3-1-5-12(10)9-18/h2,4,6,10,12,17-18H,1,3,5,7-9H2. The fourth-order valence-corrected chi connectivity index (χ4v) is 2.89. The van der Waals surface area contributed by atoms with Gasteiger partial charge in [-0.3, -0.25) is 0 Å². The Morgan fingerprint density at radius 3 is 2.89 bits per heavy atom. The van der Waals surface area contributed by atoms with Crippen molar-refractivity contribution in [1.82, 2.24) is 5.32 Å². The molecular formula is C14H19ClFNO. The van der Waals surface area contributed by atoms with Gasteiger partial charge < -0.3 is 10.4 Å². The van der Waals surface area contributed by atoms with Crippen LogP contribution in [0, 0.1) is 17.7 Å². The Bertz CT molecular complexity index is 399. The Morgan fingerprint density at radius 2 is 2.11 bits per heavy atom. The summed E-state index contributed by atoms with van der Waals surface area (Å²) in [6.07, 6.45) is 3.47. The molecule has 0 heterocycles. The zero-order valence-electron chi connectivity index (χ0n) is 10.3. The highest BCUT2D eigenvalue weighted by Crippen LogP contribution is 2.30. The fourth-order valence-electron chi connectivity index (χ4n) is 2.70. The third-order valence-electron chi connectivity index (χ3n) is 3.80. The van der Waals surface area contributed by atoms with Crippen molar-refractivity contribution in [3.8, 4) is 0 Å². The van der Waals surface area contributed by atoms with Crippen LogP contribution in [0.2, 0.25) is 5.02 Å². The second kappa shape index (κ2) is 6.50. The smallest absolute Gasteiger partial charge is 0.142 e. The molecule has 0 radical (unpaired) electrons. The molecule has 0 amide bonds. The van der Waals surface area contributed by atoms with E-state index in [4.69, 9.17) is 11.6 Å². The first-order chi connectivity index (χ1) is 8.72. The van der Waals surface area contributed by atoms with Crippen molar-refractivity contribution in [1.29, 1.82) is 0 Å². The van der Waals surface area contributed by atoms with E-state index in [0.29, 0.717) is 18.4 Å². The Balaban J connectivity index is 1.83. The molecule has 1 saturated carbocycles. The average Bonchev–Trinajstić information content (AvgIpc) is 2.82. The first-order valence-electron chi connectivity index (χ1n) is 6.47. The van der Waals surface area contributed by atoms with E-state index in [2.05, 4.69) is 5.32 Å². The van der Waals surface area contributed by atoms with Crippen LogP contribution in [-0.2, 0) is 6.54 Å². The molecule has 2 atom stereocenters. The summed E-state index contributed by atoms with van der Waals surface area (Å²) in [4.78, 5) is 0. The Hall–Kier alpha value is -0.640. The van der Waals surface area contributed by atoms with Crippen molar-refractivity contribution < 1.29 is 9.50 Å². The summed E-state index contributed by atoms with van der Waals surface area (Å²) in [5, 5.41) is 12.8. The van der Waals surface area contributed by atoms with Gasteiger partial charge in [-0.05, 0) is 42.9 Å². The van der Waals surface area contributed by atoms with Gasteiger partial charge in [0, 0.05) is 13.2 Å². The van der Waals surface area contributed by atoms with E-state index in [1.807, 2.05) is 6.07 Å². The van der Waals surface area contributed by atoms with Gasteiger partial charge in [-0.15, -0.1) is 0 Å². The fraction of sp³-hybridized carbons (Fsp3) is 0.571. The van der Waals surface area contributed by atoms with Crippen LogP contribution in [0.5, 0.6) is 0 Å². The van der Waals surface area contributed by atoms with E-state index in [9.17, 15) is 9.50 Å². The molecule has 0 saturated heterocycles. The molecule has 100 valence electrons.